The van der Waals surface area contributed by atoms with Crippen molar-refractivity contribution in [3.8, 4) is 0 Å². The Labute approximate surface area is 125 Å². The lowest BCUT2D eigenvalue weighted by molar-refractivity contribution is 0.570. The third-order valence-corrected chi connectivity index (χ3v) is 3.64. The first-order valence-corrected chi connectivity index (χ1v) is 7.68. The lowest BCUT2D eigenvalue weighted by Gasteiger charge is -2.27. The smallest absolute Gasteiger partial charge is 0.0425 e. The minimum absolute atomic E-state index is 0.0681. The van der Waals surface area contributed by atoms with Gasteiger partial charge in [-0.1, -0.05) is 73.1 Å². The van der Waals surface area contributed by atoms with Crippen LogP contribution in [0, 0.1) is 0 Å². The van der Waals surface area contributed by atoms with Gasteiger partial charge in [-0.15, -0.1) is 0 Å². The molecule has 0 saturated heterocycles. The number of hydrogen-bond acceptors (Lipinski definition) is 1. The largest absolute Gasteiger partial charge is 0.398 e. The normalized spacial score (nSPS) is 13.2. The van der Waals surface area contributed by atoms with E-state index in [0.717, 1.165) is 17.7 Å². The van der Waals surface area contributed by atoms with Gasteiger partial charge in [-0.3, -0.25) is 0 Å². The van der Waals surface area contributed by atoms with Gasteiger partial charge in [0, 0.05) is 5.69 Å². The SMILES string of the molecule is CCC/C=C\c1cc(C(C)(C)C)cc(C(C)(C)C)c1N. The molecule has 0 atom stereocenters. The molecule has 1 rings (SSSR count). The second-order valence-corrected chi connectivity index (χ2v) is 7.72. The Bertz CT molecular complexity index is 482. The van der Waals surface area contributed by atoms with Crippen molar-refractivity contribution in [2.45, 2.75) is 72.1 Å². The van der Waals surface area contributed by atoms with Gasteiger partial charge in [0.05, 0.1) is 0 Å². The summed E-state index contributed by atoms with van der Waals surface area (Å²) in [5.41, 5.74) is 11.3. The minimum Gasteiger partial charge on any atom is -0.398 e. The Morgan fingerprint density at radius 3 is 2.05 bits per heavy atom. The molecule has 0 bridgehead atoms. The van der Waals surface area contributed by atoms with E-state index in [0.29, 0.717) is 0 Å². The molecule has 112 valence electrons. The average molecular weight is 273 g/mol. The Kier molecular flexibility index (Phi) is 5.07. The minimum atomic E-state index is 0.0681. The third kappa shape index (κ3) is 4.13. The maximum Gasteiger partial charge on any atom is 0.0425 e. The van der Waals surface area contributed by atoms with Gasteiger partial charge in [0.15, 0.2) is 0 Å². The first kappa shape index (κ1) is 16.8. The van der Waals surface area contributed by atoms with Gasteiger partial charge < -0.3 is 5.73 Å². The molecule has 1 nitrogen and oxygen atoms in total. The second kappa shape index (κ2) is 6.03. The molecular formula is C19H31N. The van der Waals surface area contributed by atoms with Crippen LogP contribution in [0.4, 0.5) is 5.69 Å². The zero-order chi connectivity index (χ0) is 15.6. The molecule has 1 aromatic carbocycles. The van der Waals surface area contributed by atoms with Crippen molar-refractivity contribution in [1.82, 2.24) is 0 Å². The van der Waals surface area contributed by atoms with Crippen molar-refractivity contribution in [3.05, 3.63) is 34.9 Å². The van der Waals surface area contributed by atoms with Gasteiger partial charge in [-0.2, -0.15) is 0 Å². The second-order valence-electron chi connectivity index (χ2n) is 7.72. The van der Waals surface area contributed by atoms with E-state index in [2.05, 4.69) is 72.8 Å². The fourth-order valence-corrected chi connectivity index (χ4v) is 2.24. The van der Waals surface area contributed by atoms with E-state index in [4.69, 9.17) is 5.73 Å². The number of unbranched alkanes of at least 4 members (excludes halogenated alkanes) is 1. The quantitative estimate of drug-likeness (QED) is 0.705. The van der Waals surface area contributed by atoms with E-state index >= 15 is 0 Å². The lowest BCUT2D eigenvalue weighted by atomic mass is 9.78. The predicted octanol–water partition coefficient (Wildman–Crippen LogP) is 5.68. The van der Waals surface area contributed by atoms with Gasteiger partial charge in [0.1, 0.15) is 0 Å². The van der Waals surface area contributed by atoms with Crippen LogP contribution in [0.1, 0.15) is 78.0 Å². The summed E-state index contributed by atoms with van der Waals surface area (Å²) in [6, 6.07) is 4.53. The van der Waals surface area contributed by atoms with Crippen molar-refractivity contribution in [3.63, 3.8) is 0 Å². The Balaban J connectivity index is 3.43. The monoisotopic (exact) mass is 273 g/mol. The first-order chi connectivity index (χ1) is 9.07. The summed E-state index contributed by atoms with van der Waals surface area (Å²) in [6.07, 6.45) is 6.68. The van der Waals surface area contributed by atoms with E-state index in [1.54, 1.807) is 0 Å². The lowest BCUT2D eigenvalue weighted by Crippen LogP contribution is -2.19. The topological polar surface area (TPSA) is 26.0 Å². The molecule has 0 spiro atoms. The predicted molar refractivity (Wildman–Crippen MR) is 92.2 cm³/mol. The highest BCUT2D eigenvalue weighted by Gasteiger charge is 2.23. The first-order valence-electron chi connectivity index (χ1n) is 7.68. The molecule has 0 aromatic heterocycles. The zero-order valence-electron chi connectivity index (χ0n) is 14.3. The number of rotatable bonds is 3. The molecule has 0 amide bonds. The summed E-state index contributed by atoms with van der Waals surface area (Å²) >= 11 is 0. The Morgan fingerprint density at radius 1 is 1.00 bits per heavy atom. The van der Waals surface area contributed by atoms with Gasteiger partial charge >= 0.3 is 0 Å². The van der Waals surface area contributed by atoms with E-state index < -0.39 is 0 Å². The van der Waals surface area contributed by atoms with Crippen molar-refractivity contribution >= 4 is 11.8 Å². The van der Waals surface area contributed by atoms with Crippen molar-refractivity contribution in [2.75, 3.05) is 5.73 Å². The van der Waals surface area contributed by atoms with Crippen molar-refractivity contribution < 1.29 is 0 Å². The van der Waals surface area contributed by atoms with Crippen LogP contribution in [0.25, 0.3) is 6.08 Å². The standard InChI is InChI=1S/C19H31N/c1-8-9-10-11-14-12-15(18(2,3)4)13-16(17(14)20)19(5,6)7/h10-13H,8-9,20H2,1-7H3/b11-10-. The molecule has 20 heavy (non-hydrogen) atoms. The number of allylic oxidation sites excluding steroid dienone is 1. The van der Waals surface area contributed by atoms with Gasteiger partial charge in [-0.25, -0.2) is 0 Å². The number of anilines is 1. The molecule has 0 saturated carbocycles. The molecule has 0 aliphatic heterocycles. The third-order valence-electron chi connectivity index (χ3n) is 3.64. The van der Waals surface area contributed by atoms with Crippen LogP contribution in [0.2, 0.25) is 0 Å². The van der Waals surface area contributed by atoms with E-state index in [9.17, 15) is 0 Å². The number of benzene rings is 1. The molecule has 0 aliphatic carbocycles. The molecule has 0 radical (unpaired) electrons. The molecule has 0 fully saturated rings. The van der Waals surface area contributed by atoms with Gasteiger partial charge in [0.25, 0.3) is 0 Å². The highest BCUT2D eigenvalue weighted by atomic mass is 14.6. The molecule has 0 unspecified atom stereocenters. The van der Waals surface area contributed by atoms with E-state index in [1.807, 2.05) is 0 Å². The van der Waals surface area contributed by atoms with Crippen LogP contribution >= 0.6 is 0 Å². The number of nitrogens with two attached hydrogens (primary N) is 1. The van der Waals surface area contributed by atoms with E-state index in [-0.39, 0.29) is 10.8 Å². The van der Waals surface area contributed by atoms with Crippen LogP contribution in [0.3, 0.4) is 0 Å². The van der Waals surface area contributed by atoms with Crippen molar-refractivity contribution in [2.24, 2.45) is 0 Å². The molecule has 0 heterocycles. The fourth-order valence-electron chi connectivity index (χ4n) is 2.24. The summed E-state index contributed by atoms with van der Waals surface area (Å²) in [4.78, 5) is 0. The maximum absolute atomic E-state index is 6.41. The highest BCUT2D eigenvalue weighted by molar-refractivity contribution is 5.70. The summed E-state index contributed by atoms with van der Waals surface area (Å²) in [6.45, 7) is 15.6. The highest BCUT2D eigenvalue weighted by Crippen LogP contribution is 2.35. The Hall–Kier alpha value is -1.24. The summed E-state index contributed by atoms with van der Waals surface area (Å²) in [5, 5.41) is 0. The average Bonchev–Trinajstić information content (AvgIpc) is 2.28. The summed E-state index contributed by atoms with van der Waals surface area (Å²) in [5.74, 6) is 0. The van der Waals surface area contributed by atoms with Crippen LogP contribution in [-0.4, -0.2) is 0 Å². The van der Waals surface area contributed by atoms with Crippen LogP contribution in [0.15, 0.2) is 18.2 Å². The number of nitrogen functional groups attached to an aromatic ring is 1. The van der Waals surface area contributed by atoms with E-state index in [1.165, 1.54) is 17.5 Å². The van der Waals surface area contributed by atoms with Crippen molar-refractivity contribution in [1.29, 1.82) is 0 Å². The molecule has 2 N–H and O–H groups in total. The summed E-state index contributed by atoms with van der Waals surface area (Å²) < 4.78 is 0. The van der Waals surface area contributed by atoms with Crippen LogP contribution < -0.4 is 5.73 Å². The maximum atomic E-state index is 6.41. The molecule has 1 heteroatoms. The summed E-state index contributed by atoms with van der Waals surface area (Å²) in [7, 11) is 0. The molecule has 1 aromatic rings. The van der Waals surface area contributed by atoms with Crippen LogP contribution in [-0.2, 0) is 10.8 Å². The van der Waals surface area contributed by atoms with Gasteiger partial charge in [0.2, 0.25) is 0 Å². The fraction of sp³-hybridized carbons (Fsp3) is 0.579. The van der Waals surface area contributed by atoms with Gasteiger partial charge in [-0.05, 0) is 40.0 Å². The Morgan fingerprint density at radius 2 is 1.60 bits per heavy atom. The molecule has 0 aliphatic rings. The van der Waals surface area contributed by atoms with Crippen LogP contribution in [0.5, 0.6) is 0 Å². The molecular weight excluding hydrogens is 242 g/mol. The number of hydrogen-bond donors (Lipinski definition) is 1. The zero-order valence-corrected chi connectivity index (χ0v) is 14.3.